The molecule has 1 fully saturated rings. The Morgan fingerprint density at radius 2 is 1.88 bits per heavy atom. The molecule has 0 bridgehead atoms. The van der Waals surface area contributed by atoms with Crippen molar-refractivity contribution in [3.05, 3.63) is 0 Å². The summed E-state index contributed by atoms with van der Waals surface area (Å²) in [5, 5.41) is 39.5. The van der Waals surface area contributed by atoms with Gasteiger partial charge in [0.1, 0.15) is 18.3 Å². The molecule has 1 aliphatic rings. The molecule has 96 valence electrons. The Hall–Kier alpha value is -0.280. The number of hydrogen-bond donors (Lipinski definition) is 5. The molecule has 16 heavy (non-hydrogen) atoms. The van der Waals surface area contributed by atoms with Gasteiger partial charge in [0.05, 0.1) is 19.4 Å². The molecule has 0 aromatic rings. The Balaban J connectivity index is 2.35. The van der Waals surface area contributed by atoms with Crippen LogP contribution in [0, 0.1) is 0 Å². The maximum atomic E-state index is 9.55. The van der Waals surface area contributed by atoms with Crippen molar-refractivity contribution in [3.8, 4) is 0 Å². The van der Waals surface area contributed by atoms with Gasteiger partial charge in [-0.1, -0.05) is 0 Å². The molecule has 0 unspecified atom stereocenters. The average Bonchev–Trinajstić information content (AvgIpc) is 2.28. The average molecular weight is 237 g/mol. The lowest BCUT2D eigenvalue weighted by Crippen LogP contribution is -2.57. The summed E-state index contributed by atoms with van der Waals surface area (Å²) >= 11 is 0. The van der Waals surface area contributed by atoms with Crippen molar-refractivity contribution in [2.24, 2.45) is 0 Å². The lowest BCUT2D eigenvalue weighted by atomic mass is 10.0. The Labute approximate surface area is 93.6 Å². The molecule has 1 rings (SSSR count). The summed E-state index contributed by atoms with van der Waals surface area (Å²) in [6, 6.07) is 0. The first-order valence-corrected chi connectivity index (χ1v) is 5.20. The monoisotopic (exact) mass is 237 g/mol. The molecular weight excluding hydrogens is 218 g/mol. The zero-order valence-corrected chi connectivity index (χ0v) is 9.11. The van der Waals surface area contributed by atoms with E-state index < -0.39 is 30.7 Å². The van der Waals surface area contributed by atoms with E-state index in [1.54, 1.807) is 6.92 Å². The minimum atomic E-state index is -1.28. The smallest absolute Gasteiger partial charge is 0.186 e. The van der Waals surface area contributed by atoms with Crippen LogP contribution < -0.4 is 5.32 Å². The molecule has 5 N–H and O–H groups in total. The van der Waals surface area contributed by atoms with Crippen LogP contribution in [0.5, 0.6) is 0 Å². The van der Waals surface area contributed by atoms with E-state index in [-0.39, 0.29) is 13.3 Å². The van der Waals surface area contributed by atoms with Crippen LogP contribution in [0.15, 0.2) is 0 Å². The van der Waals surface area contributed by atoms with Gasteiger partial charge >= 0.3 is 0 Å². The van der Waals surface area contributed by atoms with Crippen molar-refractivity contribution in [1.82, 2.24) is 5.32 Å². The predicted octanol–water partition coefficient (Wildman–Crippen LogP) is -2.63. The van der Waals surface area contributed by atoms with Gasteiger partial charge in [-0.2, -0.15) is 0 Å². The fourth-order valence-corrected chi connectivity index (χ4v) is 1.48. The van der Waals surface area contributed by atoms with Crippen LogP contribution in [0.4, 0.5) is 0 Å². The molecule has 1 heterocycles. The van der Waals surface area contributed by atoms with Gasteiger partial charge in [0.2, 0.25) is 0 Å². The maximum Gasteiger partial charge on any atom is 0.186 e. The van der Waals surface area contributed by atoms with E-state index in [9.17, 15) is 15.3 Å². The topological polar surface area (TPSA) is 111 Å². The number of ether oxygens (including phenoxy) is 2. The Bertz CT molecular complexity index is 204. The minimum Gasteiger partial charge on any atom is -0.388 e. The van der Waals surface area contributed by atoms with Crippen LogP contribution in [-0.2, 0) is 9.47 Å². The highest BCUT2D eigenvalue weighted by atomic mass is 16.7. The molecule has 0 aromatic heterocycles. The number of rotatable bonds is 5. The van der Waals surface area contributed by atoms with Gasteiger partial charge in [0, 0.05) is 6.54 Å². The number of aliphatic hydroxyl groups is 4. The van der Waals surface area contributed by atoms with E-state index in [4.69, 9.17) is 14.6 Å². The Morgan fingerprint density at radius 1 is 1.19 bits per heavy atom. The molecule has 1 saturated heterocycles. The minimum absolute atomic E-state index is 0.158. The lowest BCUT2D eigenvalue weighted by molar-refractivity contribution is -0.292. The molecule has 5 atom stereocenters. The molecule has 0 aromatic carbocycles. The molecule has 0 spiro atoms. The van der Waals surface area contributed by atoms with Crippen molar-refractivity contribution in [3.63, 3.8) is 0 Å². The van der Waals surface area contributed by atoms with Crippen LogP contribution >= 0.6 is 0 Å². The first-order valence-electron chi connectivity index (χ1n) is 5.20. The normalized spacial score (nSPS) is 39.9. The third-order valence-corrected chi connectivity index (χ3v) is 2.48. The fraction of sp³-hybridized carbons (Fsp3) is 1.00. The van der Waals surface area contributed by atoms with Gasteiger partial charge in [0.25, 0.3) is 0 Å². The molecule has 0 saturated carbocycles. The van der Waals surface area contributed by atoms with Crippen molar-refractivity contribution >= 4 is 0 Å². The highest BCUT2D eigenvalue weighted by molar-refractivity contribution is 4.87. The second-order valence-electron chi connectivity index (χ2n) is 3.71. The zero-order valence-electron chi connectivity index (χ0n) is 9.11. The summed E-state index contributed by atoms with van der Waals surface area (Å²) in [6.07, 6.45) is -5.24. The molecule has 7 heteroatoms. The van der Waals surface area contributed by atoms with Crippen molar-refractivity contribution in [2.75, 3.05) is 19.9 Å². The van der Waals surface area contributed by atoms with E-state index >= 15 is 0 Å². The number of nitrogens with one attached hydrogen (secondary N) is 1. The highest BCUT2D eigenvalue weighted by Crippen LogP contribution is 2.21. The summed E-state index contributed by atoms with van der Waals surface area (Å²) < 4.78 is 10.4. The third-order valence-electron chi connectivity index (χ3n) is 2.48. The predicted molar refractivity (Wildman–Crippen MR) is 53.4 cm³/mol. The van der Waals surface area contributed by atoms with E-state index in [1.807, 2.05) is 0 Å². The van der Waals surface area contributed by atoms with E-state index in [0.29, 0.717) is 6.54 Å². The van der Waals surface area contributed by atoms with E-state index in [2.05, 4.69) is 5.32 Å². The molecule has 7 nitrogen and oxygen atoms in total. The van der Waals surface area contributed by atoms with Crippen LogP contribution in [0.1, 0.15) is 6.92 Å². The summed E-state index contributed by atoms with van der Waals surface area (Å²) in [4.78, 5) is 0. The van der Waals surface area contributed by atoms with E-state index in [0.717, 1.165) is 0 Å². The van der Waals surface area contributed by atoms with Crippen LogP contribution in [0.25, 0.3) is 0 Å². The summed E-state index contributed by atoms with van der Waals surface area (Å²) in [5.41, 5.74) is 0. The van der Waals surface area contributed by atoms with Gasteiger partial charge in [-0.25, -0.2) is 0 Å². The van der Waals surface area contributed by atoms with Gasteiger partial charge in [-0.05, 0) is 6.92 Å². The fourth-order valence-electron chi connectivity index (χ4n) is 1.48. The Morgan fingerprint density at radius 3 is 2.50 bits per heavy atom. The number of aliphatic hydroxyl groups excluding tert-OH is 4. The second-order valence-corrected chi connectivity index (χ2v) is 3.71. The van der Waals surface area contributed by atoms with Crippen molar-refractivity contribution < 1.29 is 29.9 Å². The summed E-state index contributed by atoms with van der Waals surface area (Å²) in [7, 11) is 0. The van der Waals surface area contributed by atoms with Crippen molar-refractivity contribution in [2.45, 2.75) is 37.6 Å². The summed E-state index contributed by atoms with van der Waals surface area (Å²) in [6.45, 7) is 2.05. The molecule has 0 radical (unpaired) electrons. The highest BCUT2D eigenvalue weighted by Gasteiger charge is 2.42. The Kier molecular flexibility index (Phi) is 5.56. The van der Waals surface area contributed by atoms with Crippen LogP contribution in [0.2, 0.25) is 0 Å². The van der Waals surface area contributed by atoms with Crippen molar-refractivity contribution in [1.29, 1.82) is 0 Å². The molecule has 1 aliphatic heterocycles. The molecule has 0 amide bonds. The van der Waals surface area contributed by atoms with Crippen LogP contribution in [0.3, 0.4) is 0 Å². The second kappa shape index (κ2) is 6.45. The van der Waals surface area contributed by atoms with Crippen LogP contribution in [-0.4, -0.2) is 71.0 Å². The van der Waals surface area contributed by atoms with E-state index in [1.165, 1.54) is 0 Å². The maximum absolute atomic E-state index is 9.55. The third kappa shape index (κ3) is 3.36. The van der Waals surface area contributed by atoms with Gasteiger partial charge in [-0.3, -0.25) is 5.32 Å². The zero-order chi connectivity index (χ0) is 12.1. The lowest BCUT2D eigenvalue weighted by Gasteiger charge is -2.38. The standard InChI is InChI=1S/C9H19NO6/c1-5-6(12)7(13)8(14)9(16-5)15-3-2-10-4-11/h5-14H,2-4H2,1H3/t5-,6+,7+,8-,9+/m0/s1. The quantitative estimate of drug-likeness (QED) is 0.263. The molecule has 0 aliphatic carbocycles. The van der Waals surface area contributed by atoms with Gasteiger partial charge < -0.3 is 29.9 Å². The number of hydrogen-bond acceptors (Lipinski definition) is 7. The first kappa shape index (κ1) is 13.8. The van der Waals surface area contributed by atoms with Gasteiger partial charge in [-0.15, -0.1) is 0 Å². The largest absolute Gasteiger partial charge is 0.388 e. The molecular formula is C9H19NO6. The van der Waals surface area contributed by atoms with Gasteiger partial charge in [0.15, 0.2) is 6.29 Å². The SMILES string of the molecule is C[C@@H]1O[C@@H](OCCNCO)[C@@H](O)[C@H](O)[C@@H]1O. The first-order chi connectivity index (χ1) is 7.57. The summed E-state index contributed by atoms with van der Waals surface area (Å²) in [5.74, 6) is 0.